The molecule has 1 unspecified atom stereocenters. The van der Waals surface area contributed by atoms with Gasteiger partial charge in [0.25, 0.3) is 0 Å². The van der Waals surface area contributed by atoms with Gasteiger partial charge in [0, 0.05) is 17.5 Å². The number of hydrogen-bond acceptors (Lipinski definition) is 3. The summed E-state index contributed by atoms with van der Waals surface area (Å²) in [6.45, 7) is 32.9. The minimum atomic E-state index is -0.0586. The number of amidine groups is 1. The highest BCUT2D eigenvalue weighted by Gasteiger charge is 2.25. The van der Waals surface area contributed by atoms with E-state index in [-0.39, 0.29) is 12.0 Å². The molecule has 1 aliphatic carbocycles. The predicted molar refractivity (Wildman–Crippen MR) is 174 cm³/mol. The number of aliphatic imine (C=N–C) groups is 1. The van der Waals surface area contributed by atoms with Crippen molar-refractivity contribution in [3.8, 4) is 6.07 Å². The van der Waals surface area contributed by atoms with E-state index in [0.29, 0.717) is 18.2 Å². The van der Waals surface area contributed by atoms with Gasteiger partial charge in [-0.05, 0) is 89.2 Å². The largest absolute Gasteiger partial charge is 0.363 e. The molecule has 0 fully saturated rings. The average molecular weight is 539 g/mol. The quantitative estimate of drug-likeness (QED) is 0.147. The van der Waals surface area contributed by atoms with E-state index in [1.54, 1.807) is 0 Å². The zero-order chi connectivity index (χ0) is 29.8. The highest BCUT2D eigenvalue weighted by molar-refractivity contribution is 6.04. The summed E-state index contributed by atoms with van der Waals surface area (Å²) in [6.07, 6.45) is 10.3. The van der Waals surface area contributed by atoms with Crippen molar-refractivity contribution in [1.82, 2.24) is 10.2 Å². The normalized spacial score (nSPS) is 17.3. The number of nitrogens with one attached hydrogen (secondary N) is 1. The Balaban J connectivity index is 2.47. The molecule has 0 aliphatic heterocycles. The first-order valence-corrected chi connectivity index (χ1v) is 14.7. The van der Waals surface area contributed by atoms with E-state index in [0.717, 1.165) is 71.6 Å². The highest BCUT2D eigenvalue weighted by Crippen LogP contribution is 2.35. The molecule has 1 N–H and O–H groups in total. The molecule has 1 aromatic rings. The Morgan fingerprint density at radius 2 is 1.98 bits per heavy atom. The molecule has 0 spiro atoms. The summed E-state index contributed by atoms with van der Waals surface area (Å²) in [7, 11) is 0. The molecule has 2 rings (SSSR count). The third-order valence-corrected chi connectivity index (χ3v) is 7.90. The molecular weight excluding hydrogens is 488 g/mol. The van der Waals surface area contributed by atoms with Crippen LogP contribution in [0.4, 0.5) is 0 Å². The SMILES string of the molecule is C=CC/N=C(/N[C@H](C)c1cccc(C#N)c1C)C1=CC(C(=C)CC[C@H](C)N(CC)CCC)C(=C)CC=C1C(=C)C. The molecule has 4 nitrogen and oxygen atoms in total. The lowest BCUT2D eigenvalue weighted by molar-refractivity contribution is 0.210. The van der Waals surface area contributed by atoms with Crippen LogP contribution in [0.1, 0.15) is 83.0 Å². The van der Waals surface area contributed by atoms with Crippen molar-refractivity contribution in [2.75, 3.05) is 19.6 Å². The summed E-state index contributed by atoms with van der Waals surface area (Å²) < 4.78 is 0. The molecule has 3 atom stereocenters. The maximum Gasteiger partial charge on any atom is 0.129 e. The van der Waals surface area contributed by atoms with Gasteiger partial charge >= 0.3 is 0 Å². The van der Waals surface area contributed by atoms with Crippen LogP contribution in [0.3, 0.4) is 0 Å². The van der Waals surface area contributed by atoms with Gasteiger partial charge in [-0.3, -0.25) is 4.99 Å². The Morgan fingerprint density at radius 1 is 1.25 bits per heavy atom. The van der Waals surface area contributed by atoms with Crippen LogP contribution in [0.15, 0.2) is 95.6 Å². The molecule has 1 aliphatic rings. The van der Waals surface area contributed by atoms with E-state index in [1.807, 2.05) is 32.1 Å². The fourth-order valence-corrected chi connectivity index (χ4v) is 5.46. The lowest BCUT2D eigenvalue weighted by Crippen LogP contribution is -2.33. The van der Waals surface area contributed by atoms with Crippen molar-refractivity contribution in [2.24, 2.45) is 10.9 Å². The number of nitriles is 1. The first-order valence-electron chi connectivity index (χ1n) is 14.7. The van der Waals surface area contributed by atoms with Crippen LogP contribution < -0.4 is 5.32 Å². The summed E-state index contributed by atoms with van der Waals surface area (Å²) >= 11 is 0. The zero-order valence-corrected chi connectivity index (χ0v) is 25.8. The third kappa shape index (κ3) is 8.54. The van der Waals surface area contributed by atoms with Crippen molar-refractivity contribution in [2.45, 2.75) is 79.3 Å². The van der Waals surface area contributed by atoms with Gasteiger partial charge in [-0.15, -0.1) is 6.58 Å². The van der Waals surface area contributed by atoms with Crippen molar-refractivity contribution < 1.29 is 0 Å². The first kappa shape index (κ1) is 32.8. The maximum atomic E-state index is 9.56. The van der Waals surface area contributed by atoms with Crippen LogP contribution in [-0.4, -0.2) is 36.4 Å². The molecule has 0 saturated carbocycles. The average Bonchev–Trinajstić information content (AvgIpc) is 3.11. The molecule has 0 saturated heterocycles. The maximum absolute atomic E-state index is 9.56. The summed E-state index contributed by atoms with van der Waals surface area (Å²) in [5, 5.41) is 13.2. The summed E-state index contributed by atoms with van der Waals surface area (Å²) in [6, 6.07) is 8.63. The van der Waals surface area contributed by atoms with Crippen LogP contribution >= 0.6 is 0 Å². The molecule has 0 radical (unpaired) electrons. The monoisotopic (exact) mass is 538 g/mol. The van der Waals surface area contributed by atoms with Gasteiger partial charge < -0.3 is 10.2 Å². The van der Waals surface area contributed by atoms with Crippen LogP contribution in [0, 0.1) is 24.2 Å². The number of hydrogen-bond donors (Lipinski definition) is 1. The number of nitrogens with zero attached hydrogens (tertiary/aromatic N) is 3. The van der Waals surface area contributed by atoms with Gasteiger partial charge in [0.05, 0.1) is 24.2 Å². The number of benzene rings is 1. The summed E-state index contributed by atoms with van der Waals surface area (Å²) in [5.74, 6) is 0.843. The van der Waals surface area contributed by atoms with Gasteiger partial charge in [0.1, 0.15) is 5.84 Å². The van der Waals surface area contributed by atoms with E-state index >= 15 is 0 Å². The Labute approximate surface area is 244 Å². The van der Waals surface area contributed by atoms with Crippen LogP contribution in [0.25, 0.3) is 0 Å². The van der Waals surface area contributed by atoms with Crippen LogP contribution in [0.2, 0.25) is 0 Å². The summed E-state index contributed by atoms with van der Waals surface area (Å²) in [5.41, 5.74) is 8.16. The van der Waals surface area contributed by atoms with Gasteiger partial charge in [-0.25, -0.2) is 0 Å². The second-order valence-corrected chi connectivity index (χ2v) is 11.0. The number of rotatable bonds is 14. The Bertz CT molecular complexity index is 1220. The number of allylic oxidation sites excluding steroid dienone is 5. The Hall–Kier alpha value is -3.42. The lowest BCUT2D eigenvalue weighted by Gasteiger charge is -2.28. The van der Waals surface area contributed by atoms with E-state index in [1.165, 1.54) is 12.0 Å². The van der Waals surface area contributed by atoms with E-state index in [4.69, 9.17) is 4.99 Å². The first-order chi connectivity index (χ1) is 19.1. The van der Waals surface area contributed by atoms with Crippen molar-refractivity contribution in [1.29, 1.82) is 5.26 Å². The van der Waals surface area contributed by atoms with Crippen molar-refractivity contribution in [3.05, 3.63) is 107 Å². The molecule has 0 aromatic heterocycles. The fourth-order valence-electron chi connectivity index (χ4n) is 5.46. The topological polar surface area (TPSA) is 51.4 Å². The van der Waals surface area contributed by atoms with Crippen molar-refractivity contribution in [3.63, 3.8) is 0 Å². The Morgan fingerprint density at radius 3 is 2.58 bits per heavy atom. The van der Waals surface area contributed by atoms with E-state index < -0.39 is 0 Å². The molecule has 0 bridgehead atoms. The van der Waals surface area contributed by atoms with Gasteiger partial charge in [-0.1, -0.05) is 80.7 Å². The predicted octanol–water partition coefficient (Wildman–Crippen LogP) is 8.56. The minimum absolute atomic E-state index is 0.0474. The van der Waals surface area contributed by atoms with Gasteiger partial charge in [-0.2, -0.15) is 5.26 Å². The Kier molecular flexibility index (Phi) is 13.1. The third-order valence-electron chi connectivity index (χ3n) is 7.90. The highest BCUT2D eigenvalue weighted by atomic mass is 15.1. The van der Waals surface area contributed by atoms with Crippen LogP contribution in [0.5, 0.6) is 0 Å². The molecule has 0 heterocycles. The van der Waals surface area contributed by atoms with Gasteiger partial charge in [0.15, 0.2) is 0 Å². The molecular formula is C36H50N4. The van der Waals surface area contributed by atoms with E-state index in [9.17, 15) is 5.26 Å². The molecule has 40 heavy (non-hydrogen) atoms. The van der Waals surface area contributed by atoms with Gasteiger partial charge in [0.2, 0.25) is 0 Å². The molecule has 1 aromatic carbocycles. The minimum Gasteiger partial charge on any atom is -0.363 e. The zero-order valence-electron chi connectivity index (χ0n) is 25.8. The molecule has 214 valence electrons. The summed E-state index contributed by atoms with van der Waals surface area (Å²) in [4.78, 5) is 7.48. The molecule has 4 heteroatoms. The van der Waals surface area contributed by atoms with Crippen LogP contribution in [-0.2, 0) is 0 Å². The standard InChI is InChI=1S/C36H50N4/c1-11-21-38-36(39-30(10)33-16-14-15-31(24-37)29(33)9)35-23-34(27(7)18-20-32(35)25(4)5)26(6)17-19-28(8)40(13-3)22-12-2/h11,14-16,20,23,28,30,34H,1,4,6-7,12-13,17-19,21-22H2,2-3,5,8-10H3,(H,38,39)/t28-,30+,34?/m0/s1. The fraction of sp³-hybridized carbons (Fsp3) is 0.444. The second kappa shape index (κ2) is 16.0. The smallest absolute Gasteiger partial charge is 0.129 e. The lowest BCUT2D eigenvalue weighted by atomic mass is 9.86. The van der Waals surface area contributed by atoms with E-state index in [2.05, 4.69) is 88.5 Å². The molecule has 0 amide bonds. The van der Waals surface area contributed by atoms with Crippen molar-refractivity contribution >= 4 is 5.84 Å². The second-order valence-electron chi connectivity index (χ2n) is 11.0.